The average Bonchev–Trinajstić information content (AvgIpc) is 2.98. The van der Waals surface area contributed by atoms with E-state index >= 15 is 0 Å². The first-order valence-electron chi connectivity index (χ1n) is 7.78. The fourth-order valence-corrected chi connectivity index (χ4v) is 2.90. The maximum atomic E-state index is 4.70. The molecule has 0 amide bonds. The van der Waals surface area contributed by atoms with Crippen LogP contribution >= 0.6 is 0 Å². The van der Waals surface area contributed by atoms with Crippen molar-refractivity contribution < 1.29 is 0 Å². The number of hydrogen-bond donors (Lipinski definition) is 1. The lowest BCUT2D eigenvalue weighted by atomic mass is 10.1. The van der Waals surface area contributed by atoms with Gasteiger partial charge in [0.2, 0.25) is 0 Å². The summed E-state index contributed by atoms with van der Waals surface area (Å²) in [6.45, 7) is 7.65. The van der Waals surface area contributed by atoms with Gasteiger partial charge in [-0.25, -0.2) is 9.97 Å². The van der Waals surface area contributed by atoms with Gasteiger partial charge in [-0.3, -0.25) is 4.98 Å². The Hall–Kier alpha value is -1.75. The van der Waals surface area contributed by atoms with Crippen molar-refractivity contribution >= 4 is 17.0 Å². The minimum atomic E-state index is 0.572. The number of aromatic nitrogens is 3. The van der Waals surface area contributed by atoms with E-state index in [0.717, 1.165) is 36.6 Å². The summed E-state index contributed by atoms with van der Waals surface area (Å²) in [6, 6.07) is 4.65. The van der Waals surface area contributed by atoms with Crippen LogP contribution in [-0.2, 0) is 0 Å². The van der Waals surface area contributed by atoms with Gasteiger partial charge in [-0.05, 0) is 37.4 Å². The number of pyridine rings is 1. The quantitative estimate of drug-likeness (QED) is 0.913. The van der Waals surface area contributed by atoms with Crippen LogP contribution < -0.4 is 10.2 Å². The molecule has 21 heavy (non-hydrogen) atoms. The topological polar surface area (TPSA) is 53.9 Å². The van der Waals surface area contributed by atoms with Crippen LogP contribution in [0.15, 0.2) is 24.5 Å². The molecule has 0 radical (unpaired) electrons. The van der Waals surface area contributed by atoms with Crippen molar-refractivity contribution in [1.29, 1.82) is 0 Å². The molecule has 3 rings (SSSR count). The van der Waals surface area contributed by atoms with E-state index in [9.17, 15) is 0 Å². The van der Waals surface area contributed by atoms with E-state index in [0.29, 0.717) is 12.0 Å². The lowest BCUT2D eigenvalue weighted by Gasteiger charge is -2.28. The Morgan fingerprint density at radius 2 is 2.14 bits per heavy atom. The van der Waals surface area contributed by atoms with Crippen molar-refractivity contribution in [2.24, 2.45) is 5.92 Å². The Bertz CT molecular complexity index is 592. The highest BCUT2D eigenvalue weighted by Gasteiger charge is 2.20. The fraction of sp³-hybridized carbons (Fsp3) is 0.562. The van der Waals surface area contributed by atoms with Gasteiger partial charge in [-0.15, -0.1) is 0 Å². The van der Waals surface area contributed by atoms with E-state index in [-0.39, 0.29) is 0 Å². The first-order chi connectivity index (χ1) is 10.2. The zero-order chi connectivity index (χ0) is 14.7. The van der Waals surface area contributed by atoms with Crippen LogP contribution in [0.2, 0.25) is 0 Å². The van der Waals surface area contributed by atoms with E-state index < -0.39 is 0 Å². The molecular formula is C16H23N5. The van der Waals surface area contributed by atoms with Crippen LogP contribution in [0.4, 0.5) is 5.82 Å². The Kier molecular flexibility index (Phi) is 4.29. The van der Waals surface area contributed by atoms with Crippen LogP contribution in [0, 0.1) is 5.92 Å². The van der Waals surface area contributed by atoms with Crippen LogP contribution in [0.3, 0.4) is 0 Å². The van der Waals surface area contributed by atoms with Gasteiger partial charge < -0.3 is 10.2 Å². The van der Waals surface area contributed by atoms with E-state index in [4.69, 9.17) is 4.98 Å². The van der Waals surface area contributed by atoms with Crippen molar-refractivity contribution in [3.05, 3.63) is 24.5 Å². The van der Waals surface area contributed by atoms with Crippen LogP contribution in [0.25, 0.3) is 11.2 Å². The Morgan fingerprint density at radius 1 is 1.29 bits per heavy atom. The number of hydrogen-bond acceptors (Lipinski definition) is 5. The second kappa shape index (κ2) is 6.35. The molecule has 1 N–H and O–H groups in total. The molecule has 0 bridgehead atoms. The summed E-state index contributed by atoms with van der Waals surface area (Å²) in [4.78, 5) is 15.7. The van der Waals surface area contributed by atoms with Crippen molar-refractivity contribution in [2.45, 2.75) is 32.7 Å². The molecule has 0 aliphatic carbocycles. The molecule has 1 fully saturated rings. The molecule has 1 aliphatic rings. The van der Waals surface area contributed by atoms with Gasteiger partial charge in [-0.2, -0.15) is 0 Å². The predicted octanol–water partition coefficient (Wildman–Crippen LogP) is 2.24. The Morgan fingerprint density at radius 3 is 2.90 bits per heavy atom. The van der Waals surface area contributed by atoms with E-state index in [1.165, 1.54) is 12.8 Å². The SMILES string of the molecule is CC(C)CN(CC1CCCN1)c1ccc2nccnc2n1. The molecular weight excluding hydrogens is 262 g/mol. The molecule has 5 heteroatoms. The van der Waals surface area contributed by atoms with Gasteiger partial charge in [-0.1, -0.05) is 13.8 Å². The number of nitrogens with one attached hydrogen (secondary N) is 1. The third kappa shape index (κ3) is 3.47. The number of anilines is 1. The number of fused-ring (bicyclic) bond motifs is 1. The number of nitrogens with zero attached hydrogens (tertiary/aromatic N) is 4. The van der Waals surface area contributed by atoms with Gasteiger partial charge in [0.1, 0.15) is 11.3 Å². The molecule has 0 saturated carbocycles. The first kappa shape index (κ1) is 14.2. The molecule has 1 aliphatic heterocycles. The molecule has 2 aromatic heterocycles. The third-order valence-electron chi connectivity index (χ3n) is 3.83. The Balaban J connectivity index is 1.85. The van der Waals surface area contributed by atoms with E-state index in [1.807, 2.05) is 6.07 Å². The van der Waals surface area contributed by atoms with Gasteiger partial charge >= 0.3 is 0 Å². The Labute approximate surface area is 125 Å². The summed E-state index contributed by atoms with van der Waals surface area (Å²) in [5, 5.41) is 3.57. The van der Waals surface area contributed by atoms with Gasteiger partial charge in [0, 0.05) is 31.5 Å². The maximum Gasteiger partial charge on any atom is 0.180 e. The third-order valence-corrected chi connectivity index (χ3v) is 3.83. The lowest BCUT2D eigenvalue weighted by Crippen LogP contribution is -2.39. The summed E-state index contributed by atoms with van der Waals surface area (Å²) in [6.07, 6.45) is 5.93. The van der Waals surface area contributed by atoms with Crippen molar-refractivity contribution in [3.63, 3.8) is 0 Å². The molecule has 3 heterocycles. The summed E-state index contributed by atoms with van der Waals surface area (Å²) in [7, 11) is 0. The first-order valence-corrected chi connectivity index (χ1v) is 7.78. The van der Waals surface area contributed by atoms with Gasteiger partial charge in [0.25, 0.3) is 0 Å². The minimum absolute atomic E-state index is 0.572. The molecule has 5 nitrogen and oxygen atoms in total. The van der Waals surface area contributed by atoms with Crippen molar-refractivity contribution in [2.75, 3.05) is 24.5 Å². The van der Waals surface area contributed by atoms with Crippen molar-refractivity contribution in [3.8, 4) is 0 Å². The smallest absolute Gasteiger partial charge is 0.180 e. The largest absolute Gasteiger partial charge is 0.355 e. The summed E-state index contributed by atoms with van der Waals surface area (Å²) >= 11 is 0. The number of rotatable bonds is 5. The zero-order valence-electron chi connectivity index (χ0n) is 12.8. The van der Waals surface area contributed by atoms with E-state index in [2.05, 4.69) is 40.1 Å². The van der Waals surface area contributed by atoms with E-state index in [1.54, 1.807) is 12.4 Å². The van der Waals surface area contributed by atoms with Crippen LogP contribution in [0.1, 0.15) is 26.7 Å². The summed E-state index contributed by atoms with van der Waals surface area (Å²) in [5.41, 5.74) is 1.58. The highest BCUT2D eigenvalue weighted by atomic mass is 15.2. The lowest BCUT2D eigenvalue weighted by molar-refractivity contribution is 0.538. The molecule has 0 spiro atoms. The van der Waals surface area contributed by atoms with Crippen molar-refractivity contribution in [1.82, 2.24) is 20.3 Å². The molecule has 1 unspecified atom stereocenters. The predicted molar refractivity (Wildman–Crippen MR) is 85.4 cm³/mol. The highest BCUT2D eigenvalue weighted by molar-refractivity contribution is 5.71. The molecule has 112 valence electrons. The average molecular weight is 285 g/mol. The minimum Gasteiger partial charge on any atom is -0.355 e. The standard InChI is InChI=1S/C16H23N5/c1-12(2)10-21(11-13-4-3-7-17-13)15-6-5-14-16(20-15)19-9-8-18-14/h5-6,8-9,12-13,17H,3-4,7,10-11H2,1-2H3. The molecule has 2 aromatic rings. The monoisotopic (exact) mass is 285 g/mol. The molecule has 1 saturated heterocycles. The highest BCUT2D eigenvalue weighted by Crippen LogP contribution is 2.18. The summed E-state index contributed by atoms with van der Waals surface area (Å²) < 4.78 is 0. The van der Waals surface area contributed by atoms with Crippen LogP contribution in [-0.4, -0.2) is 40.6 Å². The maximum absolute atomic E-state index is 4.70. The van der Waals surface area contributed by atoms with Gasteiger partial charge in [0.05, 0.1) is 0 Å². The fourth-order valence-electron chi connectivity index (χ4n) is 2.90. The molecule has 0 aromatic carbocycles. The second-order valence-corrected chi connectivity index (χ2v) is 6.16. The zero-order valence-corrected chi connectivity index (χ0v) is 12.8. The van der Waals surface area contributed by atoms with Gasteiger partial charge in [0.15, 0.2) is 5.65 Å². The molecule has 1 atom stereocenters. The second-order valence-electron chi connectivity index (χ2n) is 6.16. The van der Waals surface area contributed by atoms with Crippen LogP contribution in [0.5, 0.6) is 0 Å². The normalized spacial score (nSPS) is 18.5. The summed E-state index contributed by atoms with van der Waals surface area (Å²) in [5.74, 6) is 1.61.